The number of aromatic nitrogens is 2. The lowest BCUT2D eigenvalue weighted by molar-refractivity contribution is -0.138. The molecule has 1 aliphatic heterocycles. The van der Waals surface area contributed by atoms with Crippen LogP contribution in [0.1, 0.15) is 79.4 Å². The number of nitrogens with zero attached hydrogens (tertiary/aromatic N) is 4. The molecule has 1 aromatic carbocycles. The number of alkyl halides is 3. The van der Waals surface area contributed by atoms with Crippen molar-refractivity contribution in [2.24, 2.45) is 17.3 Å². The summed E-state index contributed by atoms with van der Waals surface area (Å²) >= 11 is 0. The highest BCUT2D eigenvalue weighted by atomic mass is 19.4. The molecule has 0 bridgehead atoms. The fraction of sp³-hybridized carbons (Fsp3) is 0.588. The molecule has 248 valence electrons. The zero-order valence-electron chi connectivity index (χ0n) is 26.7. The molecule has 3 atom stereocenters. The van der Waals surface area contributed by atoms with Crippen molar-refractivity contribution in [2.75, 3.05) is 39.6 Å². The summed E-state index contributed by atoms with van der Waals surface area (Å²) in [6, 6.07) is 5.07. The summed E-state index contributed by atoms with van der Waals surface area (Å²) in [5, 5.41) is 6.05. The van der Waals surface area contributed by atoms with E-state index in [1.807, 2.05) is 18.0 Å². The van der Waals surface area contributed by atoms with Gasteiger partial charge in [0.05, 0.1) is 24.1 Å². The third kappa shape index (κ3) is 6.86. The summed E-state index contributed by atoms with van der Waals surface area (Å²) in [7, 11) is 5.41. The van der Waals surface area contributed by atoms with Crippen molar-refractivity contribution in [1.29, 1.82) is 0 Å². The smallest absolute Gasteiger partial charge is 0.419 e. The Hall–Kier alpha value is -3.67. The van der Waals surface area contributed by atoms with Gasteiger partial charge in [-0.25, -0.2) is 9.97 Å². The van der Waals surface area contributed by atoms with Crippen LogP contribution in [0.15, 0.2) is 30.5 Å². The number of halogens is 3. The quantitative estimate of drug-likeness (QED) is 0.352. The molecule has 1 spiro atoms. The molecule has 0 radical (unpaired) electrons. The lowest BCUT2D eigenvalue weighted by Gasteiger charge is -2.39. The summed E-state index contributed by atoms with van der Waals surface area (Å²) in [5.41, 5.74) is -0.396. The van der Waals surface area contributed by atoms with E-state index >= 15 is 0 Å². The normalized spacial score (nSPS) is 25.4. The number of methoxy groups -OCH3 is 1. The third-order valence-corrected chi connectivity index (χ3v) is 10.3. The lowest BCUT2D eigenvalue weighted by atomic mass is 9.78. The van der Waals surface area contributed by atoms with Crippen molar-refractivity contribution < 1.29 is 27.5 Å². The van der Waals surface area contributed by atoms with Gasteiger partial charge < -0.3 is 25.2 Å². The van der Waals surface area contributed by atoms with Gasteiger partial charge >= 0.3 is 6.18 Å². The Bertz CT molecular complexity index is 1490. The molecule has 46 heavy (non-hydrogen) atoms. The Morgan fingerprint density at radius 1 is 1.13 bits per heavy atom. The highest BCUT2D eigenvalue weighted by molar-refractivity contribution is 5.95. The van der Waals surface area contributed by atoms with E-state index in [9.17, 15) is 22.8 Å². The predicted molar refractivity (Wildman–Crippen MR) is 169 cm³/mol. The molecule has 1 unspecified atom stereocenters. The van der Waals surface area contributed by atoms with Gasteiger partial charge in [-0.15, -0.1) is 0 Å². The van der Waals surface area contributed by atoms with Gasteiger partial charge in [0.2, 0.25) is 11.9 Å². The first-order valence-corrected chi connectivity index (χ1v) is 16.3. The van der Waals surface area contributed by atoms with Gasteiger partial charge in [0.15, 0.2) is 0 Å². The molecule has 4 aliphatic rings. The molecule has 12 heteroatoms. The zero-order chi connectivity index (χ0) is 32.6. The van der Waals surface area contributed by atoms with Crippen molar-refractivity contribution in [1.82, 2.24) is 25.1 Å². The second-order valence-corrected chi connectivity index (χ2v) is 13.5. The van der Waals surface area contributed by atoms with E-state index < -0.39 is 11.7 Å². The number of allylic oxidation sites excluding steroid dienone is 1. The molecule has 1 saturated heterocycles. The predicted octanol–water partition coefficient (Wildman–Crippen LogP) is 5.90. The topological polar surface area (TPSA) is 99.7 Å². The van der Waals surface area contributed by atoms with E-state index in [-0.39, 0.29) is 52.8 Å². The van der Waals surface area contributed by atoms with Crippen LogP contribution in [-0.4, -0.2) is 78.0 Å². The largest absolute Gasteiger partial charge is 0.495 e. The first-order chi connectivity index (χ1) is 22.0. The van der Waals surface area contributed by atoms with Crippen LogP contribution in [0.2, 0.25) is 0 Å². The van der Waals surface area contributed by atoms with Gasteiger partial charge in [0.25, 0.3) is 5.91 Å². The van der Waals surface area contributed by atoms with Crippen LogP contribution in [0.4, 0.5) is 24.8 Å². The number of nitrogens with one attached hydrogen (secondary N) is 2. The van der Waals surface area contributed by atoms with Crippen LogP contribution in [-0.2, 0) is 11.0 Å². The molecule has 2 heterocycles. The molecule has 2 aromatic rings. The van der Waals surface area contributed by atoms with Gasteiger partial charge in [-0.05, 0) is 101 Å². The van der Waals surface area contributed by atoms with Gasteiger partial charge in [-0.2, -0.15) is 13.2 Å². The minimum atomic E-state index is -4.63. The standard InChI is InChI=1S/C34H43F3N6O3/c1-42-16-13-24(14-17-42)39-30(44)22-9-11-27(28(18-22)46-3)41-32-38-20-25(34(35,36)37)26(40-32)12-10-23-19-33(23)15-5-4-6-29(33)43(2)31(45)21-7-8-21/h9-12,18,20-21,23-24,29H,4-8,13-17,19H2,1-3H3,(H,39,44)(H,38,40,41)/b12-10+/t23?,29-,33+/m1/s1. The summed E-state index contributed by atoms with van der Waals surface area (Å²) in [6.45, 7) is 1.84. The number of carbonyl (C=O) groups excluding carboxylic acids is 2. The number of benzene rings is 1. The van der Waals surface area contributed by atoms with E-state index in [0.29, 0.717) is 17.0 Å². The van der Waals surface area contributed by atoms with Crippen molar-refractivity contribution in [3.8, 4) is 5.75 Å². The SMILES string of the molecule is COc1cc(C(=O)NC2CCN(C)CC2)ccc1Nc1ncc(C(F)(F)F)c(/C=C/C2C[C@@]23CCCC[C@H]3N(C)C(=O)C2CC2)n1. The zero-order valence-corrected chi connectivity index (χ0v) is 26.7. The van der Waals surface area contributed by atoms with E-state index in [1.54, 1.807) is 18.2 Å². The Morgan fingerprint density at radius 3 is 2.59 bits per heavy atom. The molecule has 3 saturated carbocycles. The molecule has 6 rings (SSSR count). The average molecular weight is 641 g/mol. The Kier molecular flexibility index (Phi) is 9.02. The van der Waals surface area contributed by atoms with Crippen LogP contribution in [0.25, 0.3) is 6.08 Å². The number of hydrogen-bond acceptors (Lipinski definition) is 7. The summed E-state index contributed by atoms with van der Waals surface area (Å²) < 4.78 is 47.6. The maximum atomic E-state index is 14.0. The van der Waals surface area contributed by atoms with Gasteiger partial charge in [0, 0.05) is 36.8 Å². The third-order valence-electron chi connectivity index (χ3n) is 10.3. The fourth-order valence-corrected chi connectivity index (χ4v) is 7.36. The number of hydrogen-bond donors (Lipinski definition) is 2. The monoisotopic (exact) mass is 640 g/mol. The highest BCUT2D eigenvalue weighted by Gasteiger charge is 2.60. The number of anilines is 2. The summed E-state index contributed by atoms with van der Waals surface area (Å²) in [4.78, 5) is 38.2. The first-order valence-electron chi connectivity index (χ1n) is 16.3. The van der Waals surface area contributed by atoms with E-state index in [2.05, 4.69) is 32.5 Å². The van der Waals surface area contributed by atoms with Crippen molar-refractivity contribution in [2.45, 2.75) is 76.0 Å². The Balaban J connectivity index is 1.18. The lowest BCUT2D eigenvalue weighted by Crippen LogP contribution is -2.46. The van der Waals surface area contributed by atoms with E-state index in [1.165, 1.54) is 13.2 Å². The van der Waals surface area contributed by atoms with Crippen LogP contribution in [0.3, 0.4) is 0 Å². The molecule has 4 fully saturated rings. The van der Waals surface area contributed by atoms with Crippen LogP contribution < -0.4 is 15.4 Å². The van der Waals surface area contributed by atoms with E-state index in [0.717, 1.165) is 77.1 Å². The Labute approximate surface area is 268 Å². The van der Waals surface area contributed by atoms with Crippen LogP contribution >= 0.6 is 0 Å². The number of likely N-dealkylation sites (tertiary alicyclic amines) is 1. The molecule has 2 N–H and O–H groups in total. The van der Waals surface area contributed by atoms with Gasteiger partial charge in [-0.3, -0.25) is 9.59 Å². The van der Waals surface area contributed by atoms with Crippen LogP contribution in [0.5, 0.6) is 5.75 Å². The average Bonchev–Trinajstić information content (AvgIpc) is 3.98. The van der Waals surface area contributed by atoms with Gasteiger partial charge in [-0.1, -0.05) is 18.9 Å². The number of carbonyl (C=O) groups is 2. The molecular weight excluding hydrogens is 597 g/mol. The van der Waals surface area contributed by atoms with Gasteiger partial charge in [0.1, 0.15) is 5.75 Å². The molecule has 2 amide bonds. The Morgan fingerprint density at radius 2 is 1.89 bits per heavy atom. The highest BCUT2D eigenvalue weighted by Crippen LogP contribution is 2.63. The fourth-order valence-electron chi connectivity index (χ4n) is 7.36. The minimum absolute atomic E-state index is 0.0229. The summed E-state index contributed by atoms with van der Waals surface area (Å²) in [5.74, 6) is 0.518. The second-order valence-electron chi connectivity index (χ2n) is 13.5. The number of rotatable bonds is 9. The number of piperidine rings is 1. The van der Waals surface area contributed by atoms with Crippen LogP contribution in [0, 0.1) is 17.3 Å². The van der Waals surface area contributed by atoms with Crippen molar-refractivity contribution >= 4 is 29.5 Å². The molecule has 9 nitrogen and oxygen atoms in total. The maximum absolute atomic E-state index is 14.0. The minimum Gasteiger partial charge on any atom is -0.495 e. The molecule has 3 aliphatic carbocycles. The number of amides is 2. The maximum Gasteiger partial charge on any atom is 0.419 e. The molecular formula is C34H43F3N6O3. The second kappa shape index (κ2) is 12.8. The van der Waals surface area contributed by atoms with Crippen molar-refractivity contribution in [3.05, 3.63) is 47.3 Å². The van der Waals surface area contributed by atoms with E-state index in [4.69, 9.17) is 4.74 Å². The summed E-state index contributed by atoms with van der Waals surface area (Å²) in [6.07, 6.45) is 7.94. The van der Waals surface area contributed by atoms with Crippen molar-refractivity contribution in [3.63, 3.8) is 0 Å². The molecule has 1 aromatic heterocycles. The number of ether oxygens (including phenoxy) is 1. The first kappa shape index (κ1) is 32.3.